The number of hydrogen-bond donors (Lipinski definition) is 5. The number of aliphatic hydroxyl groups excluding tert-OH is 1. The second kappa shape index (κ2) is 8.93. The van der Waals surface area contributed by atoms with E-state index in [4.69, 9.17) is 20.1 Å². The molecule has 0 aliphatic carbocycles. The lowest BCUT2D eigenvalue weighted by Gasteiger charge is -2.23. The molecule has 0 aromatic heterocycles. The van der Waals surface area contributed by atoms with Crippen LogP contribution in [-0.4, -0.2) is 63.6 Å². The van der Waals surface area contributed by atoms with Crippen LogP contribution in [0.5, 0.6) is 0 Å². The van der Waals surface area contributed by atoms with Crippen molar-refractivity contribution >= 4 is 23.9 Å². The van der Waals surface area contributed by atoms with Crippen molar-refractivity contribution < 1.29 is 39.2 Å². The third-order valence-electron chi connectivity index (χ3n) is 2.45. The van der Waals surface area contributed by atoms with Crippen LogP contribution in [0.1, 0.15) is 33.6 Å². The molecule has 0 aromatic carbocycles. The summed E-state index contributed by atoms with van der Waals surface area (Å²) in [5.74, 6) is -3.60. The number of carbonyl (C=O) groups excluding carboxylic acids is 2. The highest BCUT2D eigenvalue weighted by atomic mass is 16.6. The molecule has 10 heteroatoms. The zero-order valence-electron chi connectivity index (χ0n) is 13.2. The lowest BCUT2D eigenvalue weighted by molar-refractivity contribution is -0.143. The maximum Gasteiger partial charge on any atom is 0.408 e. The van der Waals surface area contributed by atoms with Gasteiger partial charge >= 0.3 is 18.0 Å². The first kappa shape index (κ1) is 20.6. The maximum absolute atomic E-state index is 11.9. The van der Waals surface area contributed by atoms with Crippen molar-refractivity contribution in [3.8, 4) is 0 Å². The van der Waals surface area contributed by atoms with Gasteiger partial charge in [-0.05, 0) is 27.2 Å². The molecule has 0 radical (unpaired) electrons. The number of carboxylic acid groups (broad SMARTS) is 2. The van der Waals surface area contributed by atoms with Crippen molar-refractivity contribution in [1.29, 1.82) is 0 Å². The number of carbonyl (C=O) groups is 4. The number of amides is 2. The molecule has 5 N–H and O–H groups in total. The molecular weight excluding hydrogens is 312 g/mol. The van der Waals surface area contributed by atoms with E-state index < -0.39 is 54.7 Å². The smallest absolute Gasteiger partial charge is 0.408 e. The topological polar surface area (TPSA) is 162 Å². The van der Waals surface area contributed by atoms with Crippen molar-refractivity contribution in [2.45, 2.75) is 51.3 Å². The zero-order chi connectivity index (χ0) is 18.2. The minimum atomic E-state index is -1.45. The van der Waals surface area contributed by atoms with Crippen molar-refractivity contribution in [2.24, 2.45) is 0 Å². The lowest BCUT2D eigenvalue weighted by Crippen LogP contribution is -2.53. The van der Waals surface area contributed by atoms with Gasteiger partial charge in [-0.15, -0.1) is 0 Å². The van der Waals surface area contributed by atoms with Crippen molar-refractivity contribution in [1.82, 2.24) is 10.6 Å². The van der Waals surface area contributed by atoms with Gasteiger partial charge in [0.15, 0.2) is 0 Å². The Morgan fingerprint density at radius 1 is 1.04 bits per heavy atom. The van der Waals surface area contributed by atoms with Crippen LogP contribution in [-0.2, 0) is 19.1 Å². The van der Waals surface area contributed by atoms with Crippen LogP contribution in [0.3, 0.4) is 0 Å². The average Bonchev–Trinajstić information content (AvgIpc) is 2.37. The Morgan fingerprint density at radius 3 is 2.00 bits per heavy atom. The SMILES string of the molecule is CC(C)(C)OC(=O)N[C@@H](CO)C(=O)N[C@@H](CCC(=O)O)C(=O)O. The molecule has 0 heterocycles. The molecule has 0 aliphatic heterocycles. The number of rotatable bonds is 8. The number of aliphatic hydroxyl groups is 1. The van der Waals surface area contributed by atoms with E-state index in [1.54, 1.807) is 20.8 Å². The highest BCUT2D eigenvalue weighted by Crippen LogP contribution is 2.07. The molecule has 0 aliphatic rings. The summed E-state index contributed by atoms with van der Waals surface area (Å²) in [4.78, 5) is 44.9. The monoisotopic (exact) mass is 334 g/mol. The largest absolute Gasteiger partial charge is 0.481 e. The third kappa shape index (κ3) is 9.30. The van der Waals surface area contributed by atoms with E-state index in [2.05, 4.69) is 10.6 Å². The summed E-state index contributed by atoms with van der Waals surface area (Å²) >= 11 is 0. The summed E-state index contributed by atoms with van der Waals surface area (Å²) in [6.07, 6.45) is -1.74. The number of ether oxygens (including phenoxy) is 1. The Hall–Kier alpha value is -2.36. The average molecular weight is 334 g/mol. The van der Waals surface area contributed by atoms with E-state index in [-0.39, 0.29) is 6.42 Å². The molecule has 0 spiro atoms. The van der Waals surface area contributed by atoms with Gasteiger partial charge in [-0.1, -0.05) is 0 Å². The van der Waals surface area contributed by atoms with Gasteiger partial charge in [-0.3, -0.25) is 9.59 Å². The molecule has 2 atom stereocenters. The predicted molar refractivity (Wildman–Crippen MR) is 76.7 cm³/mol. The Balaban J connectivity index is 4.70. The van der Waals surface area contributed by atoms with Gasteiger partial charge in [0.1, 0.15) is 17.7 Å². The Bertz CT molecular complexity index is 457. The van der Waals surface area contributed by atoms with E-state index in [0.717, 1.165) is 0 Å². The van der Waals surface area contributed by atoms with Crippen LogP contribution in [0, 0.1) is 0 Å². The number of aliphatic carboxylic acids is 2. The van der Waals surface area contributed by atoms with Gasteiger partial charge in [-0.25, -0.2) is 9.59 Å². The van der Waals surface area contributed by atoms with Crippen LogP contribution in [0.2, 0.25) is 0 Å². The number of hydrogen-bond acceptors (Lipinski definition) is 6. The summed E-state index contributed by atoms with van der Waals surface area (Å²) in [7, 11) is 0. The summed E-state index contributed by atoms with van der Waals surface area (Å²) in [5, 5.41) is 30.8. The summed E-state index contributed by atoms with van der Waals surface area (Å²) in [6.45, 7) is 4.03. The fourth-order valence-corrected chi connectivity index (χ4v) is 1.44. The molecule has 10 nitrogen and oxygen atoms in total. The molecule has 0 unspecified atom stereocenters. The maximum atomic E-state index is 11.9. The van der Waals surface area contributed by atoms with Crippen LogP contribution < -0.4 is 10.6 Å². The van der Waals surface area contributed by atoms with E-state index in [0.29, 0.717) is 0 Å². The number of nitrogens with one attached hydrogen (secondary N) is 2. The fraction of sp³-hybridized carbons (Fsp3) is 0.692. The predicted octanol–water partition coefficient (Wildman–Crippen LogP) is -0.694. The van der Waals surface area contributed by atoms with E-state index in [9.17, 15) is 19.2 Å². The molecule has 0 saturated heterocycles. The normalized spacial score (nSPS) is 13.6. The molecule has 0 bridgehead atoms. The summed E-state index contributed by atoms with van der Waals surface area (Å²) < 4.78 is 4.92. The Labute approximate surface area is 132 Å². The molecule has 0 saturated carbocycles. The highest BCUT2D eigenvalue weighted by molar-refractivity contribution is 5.89. The van der Waals surface area contributed by atoms with Crippen LogP contribution >= 0.6 is 0 Å². The van der Waals surface area contributed by atoms with Crippen LogP contribution in [0.4, 0.5) is 4.79 Å². The van der Waals surface area contributed by atoms with Gasteiger partial charge in [-0.2, -0.15) is 0 Å². The van der Waals surface area contributed by atoms with E-state index in [1.165, 1.54) is 0 Å². The van der Waals surface area contributed by atoms with Gasteiger partial charge < -0.3 is 30.7 Å². The fourth-order valence-electron chi connectivity index (χ4n) is 1.44. The first-order valence-corrected chi connectivity index (χ1v) is 6.81. The van der Waals surface area contributed by atoms with E-state index in [1.807, 2.05) is 0 Å². The van der Waals surface area contributed by atoms with Gasteiger partial charge in [0.2, 0.25) is 5.91 Å². The highest BCUT2D eigenvalue weighted by Gasteiger charge is 2.28. The van der Waals surface area contributed by atoms with Crippen molar-refractivity contribution in [2.75, 3.05) is 6.61 Å². The molecule has 0 fully saturated rings. The second-order valence-corrected chi connectivity index (χ2v) is 5.71. The quantitative estimate of drug-likeness (QED) is 0.389. The standard InChI is InChI=1S/C13H22N2O8/c1-13(2,3)23-12(22)15-8(6-16)10(19)14-7(11(20)21)4-5-9(17)18/h7-8,16H,4-6H2,1-3H3,(H,14,19)(H,15,22)(H,17,18)(H,20,21)/t7-,8-/m0/s1. The second-order valence-electron chi connectivity index (χ2n) is 5.71. The van der Waals surface area contributed by atoms with Crippen LogP contribution in [0.15, 0.2) is 0 Å². The minimum absolute atomic E-state index is 0.332. The third-order valence-corrected chi connectivity index (χ3v) is 2.45. The molecule has 2 amide bonds. The molecule has 132 valence electrons. The van der Waals surface area contributed by atoms with Crippen LogP contribution in [0.25, 0.3) is 0 Å². The first-order chi connectivity index (χ1) is 10.5. The lowest BCUT2D eigenvalue weighted by atomic mass is 10.1. The Morgan fingerprint density at radius 2 is 1.61 bits per heavy atom. The molecule has 23 heavy (non-hydrogen) atoms. The zero-order valence-corrected chi connectivity index (χ0v) is 13.2. The van der Waals surface area contributed by atoms with Gasteiger partial charge in [0.25, 0.3) is 0 Å². The van der Waals surface area contributed by atoms with E-state index >= 15 is 0 Å². The summed E-state index contributed by atoms with van der Waals surface area (Å²) in [6, 6.07) is -2.87. The molecular formula is C13H22N2O8. The number of carboxylic acids is 2. The summed E-state index contributed by atoms with van der Waals surface area (Å²) in [5.41, 5.74) is -0.814. The number of alkyl carbamates (subject to hydrolysis) is 1. The molecule has 0 aromatic rings. The first-order valence-electron chi connectivity index (χ1n) is 6.81. The van der Waals surface area contributed by atoms with Crippen molar-refractivity contribution in [3.05, 3.63) is 0 Å². The minimum Gasteiger partial charge on any atom is -0.481 e. The molecule has 0 rings (SSSR count). The Kier molecular flexibility index (Phi) is 8.02. The van der Waals surface area contributed by atoms with Crippen molar-refractivity contribution in [3.63, 3.8) is 0 Å². The van der Waals surface area contributed by atoms with Gasteiger partial charge in [0.05, 0.1) is 6.61 Å². The van der Waals surface area contributed by atoms with Gasteiger partial charge in [0, 0.05) is 6.42 Å².